The molecule has 1 fully saturated rings. The first-order valence-corrected chi connectivity index (χ1v) is 11.1. The Kier molecular flexibility index (Phi) is 7.10. The lowest BCUT2D eigenvalue weighted by atomic mass is 10.1. The van der Waals surface area contributed by atoms with Crippen molar-refractivity contribution in [2.45, 2.75) is 25.0 Å². The molecule has 0 spiro atoms. The summed E-state index contributed by atoms with van der Waals surface area (Å²) in [4.78, 5) is 14.1. The van der Waals surface area contributed by atoms with Crippen molar-refractivity contribution >= 4 is 34.8 Å². The first kappa shape index (κ1) is 23.3. The second-order valence-corrected chi connectivity index (χ2v) is 8.04. The maximum atomic E-state index is 9.55. The van der Waals surface area contributed by atoms with Gasteiger partial charge in [0.2, 0.25) is 5.95 Å². The smallest absolute Gasteiger partial charge is 0.231 e. The molecule has 0 aliphatic carbocycles. The van der Waals surface area contributed by atoms with Gasteiger partial charge in [-0.2, -0.15) is 15.2 Å². The minimum Gasteiger partial charge on any atom is -0.495 e. The van der Waals surface area contributed by atoms with Crippen molar-refractivity contribution in [1.29, 1.82) is 10.7 Å². The fraction of sp³-hybridized carbons (Fsp3) is 0.391. The molecule has 178 valence electrons. The van der Waals surface area contributed by atoms with Gasteiger partial charge in [-0.05, 0) is 37.6 Å². The summed E-state index contributed by atoms with van der Waals surface area (Å²) in [6.07, 6.45) is 4.47. The van der Waals surface area contributed by atoms with Crippen molar-refractivity contribution < 1.29 is 9.47 Å². The molecule has 4 rings (SSSR count). The highest BCUT2D eigenvalue weighted by atomic mass is 16.5. The summed E-state index contributed by atoms with van der Waals surface area (Å²) in [7, 11) is 5.27. The molecule has 5 N–H and O–H groups in total. The van der Waals surface area contributed by atoms with Crippen LogP contribution in [0.25, 0.3) is 11.0 Å². The van der Waals surface area contributed by atoms with Crippen LogP contribution in [0.15, 0.2) is 24.4 Å². The Balaban J connectivity index is 1.67. The Labute approximate surface area is 198 Å². The van der Waals surface area contributed by atoms with Crippen molar-refractivity contribution in [2.75, 3.05) is 45.1 Å². The largest absolute Gasteiger partial charge is 0.495 e. The van der Waals surface area contributed by atoms with Crippen LogP contribution >= 0.6 is 0 Å². The van der Waals surface area contributed by atoms with Crippen LogP contribution in [0.2, 0.25) is 0 Å². The molecule has 11 nitrogen and oxygen atoms in total. The van der Waals surface area contributed by atoms with Crippen LogP contribution in [0.5, 0.6) is 5.75 Å². The molecule has 0 radical (unpaired) electrons. The second-order valence-electron chi connectivity index (χ2n) is 8.04. The molecule has 1 atom stereocenters. The number of hydrogen-bond acceptors (Lipinski definition) is 9. The van der Waals surface area contributed by atoms with Crippen LogP contribution < -0.4 is 20.7 Å². The molecule has 0 amide bonds. The monoisotopic (exact) mass is 463 g/mol. The van der Waals surface area contributed by atoms with Gasteiger partial charge in [0, 0.05) is 32.5 Å². The normalized spacial score (nSPS) is 14.9. The molecule has 0 saturated carbocycles. The third kappa shape index (κ3) is 4.73. The number of ether oxygens (including phenoxy) is 2. The molecule has 3 aromatic rings. The summed E-state index contributed by atoms with van der Waals surface area (Å²) < 4.78 is 11.1. The van der Waals surface area contributed by atoms with E-state index in [0.29, 0.717) is 53.0 Å². The molecular weight excluding hydrogens is 434 g/mol. The van der Waals surface area contributed by atoms with E-state index in [4.69, 9.17) is 19.9 Å². The lowest BCUT2D eigenvalue weighted by molar-refractivity contribution is 0.0904. The van der Waals surface area contributed by atoms with Gasteiger partial charge in [0.1, 0.15) is 29.4 Å². The number of nitriles is 1. The standard InChI is InChI=1S/C23H29N9O2/c1-26-22(32(2)13-25)14-4-5-17(18(10-14)33-3)29-23-30-20-19(15(11-24)12-27-20)21(31-23)28-16-6-8-34-9-7-16/h4-5,10,12-13,16,22,25-26H,6-9H2,1-3H3,(H3,27,28,29,30,31). The zero-order valence-electron chi connectivity index (χ0n) is 19.5. The van der Waals surface area contributed by atoms with Crippen LogP contribution in [0.3, 0.4) is 0 Å². The number of fused-ring (bicyclic) bond motifs is 1. The number of benzene rings is 1. The van der Waals surface area contributed by atoms with Gasteiger partial charge in [-0.3, -0.25) is 10.7 Å². The average molecular weight is 464 g/mol. The number of anilines is 3. The third-order valence-corrected chi connectivity index (χ3v) is 5.89. The zero-order chi connectivity index (χ0) is 24.1. The number of nitrogens with one attached hydrogen (secondary N) is 5. The van der Waals surface area contributed by atoms with E-state index in [9.17, 15) is 5.26 Å². The molecule has 11 heteroatoms. The van der Waals surface area contributed by atoms with Crippen molar-refractivity contribution in [3.05, 3.63) is 35.5 Å². The first-order valence-electron chi connectivity index (χ1n) is 11.1. The first-order chi connectivity index (χ1) is 16.6. The molecule has 1 aliphatic rings. The maximum absolute atomic E-state index is 9.55. The van der Waals surface area contributed by atoms with E-state index in [1.54, 1.807) is 18.2 Å². The number of aromatic amines is 1. The quantitative estimate of drug-likeness (QED) is 0.183. The van der Waals surface area contributed by atoms with Gasteiger partial charge < -0.3 is 30.0 Å². The Bertz CT molecular complexity index is 1200. The number of aromatic nitrogens is 3. The highest BCUT2D eigenvalue weighted by Crippen LogP contribution is 2.32. The summed E-state index contributed by atoms with van der Waals surface area (Å²) in [5.41, 5.74) is 2.70. The van der Waals surface area contributed by atoms with E-state index in [2.05, 4.69) is 32.0 Å². The minimum atomic E-state index is -0.174. The lowest BCUT2D eigenvalue weighted by Gasteiger charge is -2.26. The molecule has 34 heavy (non-hydrogen) atoms. The fourth-order valence-electron chi connectivity index (χ4n) is 4.10. The molecule has 1 saturated heterocycles. The SMILES string of the molecule is CNC(c1ccc(Nc2nc(NC3CCOCC3)c3c(C#N)c[nH]c3n2)c(OC)c1)N(C)C=N. The van der Waals surface area contributed by atoms with Gasteiger partial charge in [0.05, 0.1) is 30.1 Å². The maximum Gasteiger partial charge on any atom is 0.231 e. The average Bonchev–Trinajstić information content (AvgIpc) is 3.29. The summed E-state index contributed by atoms with van der Waals surface area (Å²) >= 11 is 0. The summed E-state index contributed by atoms with van der Waals surface area (Å²) in [5.74, 6) is 1.60. The van der Waals surface area contributed by atoms with Crippen LogP contribution in [0.1, 0.15) is 30.1 Å². The van der Waals surface area contributed by atoms with Gasteiger partial charge >= 0.3 is 0 Å². The van der Waals surface area contributed by atoms with Gasteiger partial charge in [-0.15, -0.1) is 0 Å². The van der Waals surface area contributed by atoms with Crippen LogP contribution in [0.4, 0.5) is 17.5 Å². The van der Waals surface area contributed by atoms with Gasteiger partial charge in [0.15, 0.2) is 0 Å². The van der Waals surface area contributed by atoms with Crippen LogP contribution in [-0.4, -0.2) is 66.7 Å². The molecule has 2 aromatic heterocycles. The van der Waals surface area contributed by atoms with E-state index >= 15 is 0 Å². The Morgan fingerprint density at radius 1 is 1.35 bits per heavy atom. The van der Waals surface area contributed by atoms with Gasteiger partial charge in [-0.1, -0.05) is 6.07 Å². The van der Waals surface area contributed by atoms with Gasteiger partial charge in [0.25, 0.3) is 0 Å². The highest BCUT2D eigenvalue weighted by molar-refractivity contribution is 5.93. The Morgan fingerprint density at radius 2 is 2.15 bits per heavy atom. The topological polar surface area (TPSA) is 147 Å². The zero-order valence-corrected chi connectivity index (χ0v) is 19.5. The molecule has 3 heterocycles. The predicted molar refractivity (Wildman–Crippen MR) is 131 cm³/mol. The van der Waals surface area contributed by atoms with Crippen LogP contribution in [0, 0.1) is 16.7 Å². The number of H-pyrrole nitrogens is 1. The third-order valence-electron chi connectivity index (χ3n) is 5.89. The number of rotatable bonds is 9. The second kappa shape index (κ2) is 10.4. The van der Waals surface area contributed by atoms with Crippen molar-refractivity contribution in [2.24, 2.45) is 0 Å². The Morgan fingerprint density at radius 3 is 2.82 bits per heavy atom. The van der Waals surface area contributed by atoms with Crippen molar-refractivity contribution in [3.8, 4) is 11.8 Å². The fourth-order valence-corrected chi connectivity index (χ4v) is 4.10. The van der Waals surface area contributed by atoms with Crippen LogP contribution in [-0.2, 0) is 4.74 Å². The lowest BCUT2D eigenvalue weighted by Crippen LogP contribution is -2.32. The predicted octanol–water partition coefficient (Wildman–Crippen LogP) is 2.93. The molecular formula is C23H29N9O2. The van der Waals surface area contributed by atoms with E-state index in [-0.39, 0.29) is 12.2 Å². The molecule has 0 bridgehead atoms. The summed E-state index contributed by atoms with van der Waals surface area (Å²) in [6, 6.07) is 8.17. The summed E-state index contributed by atoms with van der Waals surface area (Å²) in [5, 5.41) is 27.7. The molecule has 1 unspecified atom stereocenters. The van der Waals surface area contributed by atoms with E-state index < -0.39 is 0 Å². The highest BCUT2D eigenvalue weighted by Gasteiger charge is 2.20. The van der Waals surface area contributed by atoms with Gasteiger partial charge in [-0.25, -0.2) is 0 Å². The number of methoxy groups -OCH3 is 1. The van der Waals surface area contributed by atoms with E-state index in [0.717, 1.165) is 18.4 Å². The Hall–Kier alpha value is -3.88. The summed E-state index contributed by atoms with van der Waals surface area (Å²) in [6.45, 7) is 1.39. The van der Waals surface area contributed by atoms with Crippen molar-refractivity contribution in [1.82, 2.24) is 25.2 Å². The number of nitrogens with zero attached hydrogens (tertiary/aromatic N) is 4. The molecule has 1 aliphatic heterocycles. The minimum absolute atomic E-state index is 0.174. The number of hydrogen-bond donors (Lipinski definition) is 5. The van der Waals surface area contributed by atoms with E-state index in [1.807, 2.05) is 32.3 Å². The van der Waals surface area contributed by atoms with Crippen molar-refractivity contribution in [3.63, 3.8) is 0 Å². The molecule has 1 aromatic carbocycles. The van der Waals surface area contributed by atoms with E-state index in [1.165, 1.54) is 6.34 Å².